The molecule has 0 amide bonds. The summed E-state index contributed by atoms with van der Waals surface area (Å²) < 4.78 is 13.3. The van der Waals surface area contributed by atoms with E-state index in [0.29, 0.717) is 0 Å². The lowest BCUT2D eigenvalue weighted by Crippen LogP contribution is -2.13. The second-order valence-electron chi connectivity index (χ2n) is 11.6. The number of halogens is 1. The Balaban J connectivity index is 1.24. The van der Waals surface area contributed by atoms with E-state index in [1.54, 1.807) is 0 Å². The number of rotatable bonds is 6. The van der Waals surface area contributed by atoms with Crippen LogP contribution in [0.3, 0.4) is 0 Å². The predicted molar refractivity (Wildman–Crippen MR) is 198 cm³/mol. The molecule has 0 saturated heterocycles. The van der Waals surface area contributed by atoms with Crippen molar-refractivity contribution in [3.63, 3.8) is 0 Å². The maximum Gasteiger partial charge on any atom is 0.135 e. The quantitative estimate of drug-likeness (QED) is 0.176. The Bertz CT molecular complexity index is 2380. The van der Waals surface area contributed by atoms with Crippen LogP contribution in [0.4, 0.5) is 34.1 Å². The van der Waals surface area contributed by atoms with Crippen LogP contribution in [0, 0.1) is 0 Å². The third-order valence-corrected chi connectivity index (χ3v) is 9.11. The van der Waals surface area contributed by atoms with Crippen LogP contribution >= 0.6 is 15.9 Å². The maximum atomic E-state index is 6.18. The minimum atomic E-state index is 0.871. The molecule has 0 radical (unpaired) electrons. The number of para-hydroxylation sites is 4. The number of anilines is 6. The van der Waals surface area contributed by atoms with Crippen molar-refractivity contribution in [2.24, 2.45) is 0 Å². The number of hydrogen-bond acceptors (Lipinski definition) is 4. The van der Waals surface area contributed by atoms with Crippen LogP contribution in [0.15, 0.2) is 177 Å². The summed E-state index contributed by atoms with van der Waals surface area (Å²) in [4.78, 5) is 4.59. The fraction of sp³-hybridized carbons (Fsp3) is 0. The third-order valence-electron chi connectivity index (χ3n) is 8.65. The molecule has 0 fully saturated rings. The number of nitrogens with zero attached hydrogens (tertiary/aromatic N) is 2. The van der Waals surface area contributed by atoms with Gasteiger partial charge in [-0.1, -0.05) is 88.7 Å². The first kappa shape index (κ1) is 27.5. The van der Waals surface area contributed by atoms with Gasteiger partial charge in [-0.25, -0.2) is 0 Å². The smallest absolute Gasteiger partial charge is 0.135 e. The monoisotopic (exact) mass is 670 g/mol. The fourth-order valence-corrected chi connectivity index (χ4v) is 7.04. The van der Waals surface area contributed by atoms with Gasteiger partial charge in [0.05, 0.1) is 0 Å². The zero-order valence-corrected chi connectivity index (χ0v) is 26.8. The van der Waals surface area contributed by atoms with Crippen molar-refractivity contribution in [3.8, 4) is 0 Å². The number of benzene rings is 7. The predicted octanol–water partition coefficient (Wildman–Crippen LogP) is 13.2. The Morgan fingerprint density at radius 3 is 1.19 bits per heavy atom. The van der Waals surface area contributed by atoms with Crippen molar-refractivity contribution in [2.75, 3.05) is 9.80 Å². The molecule has 2 aromatic heterocycles. The molecule has 4 nitrogen and oxygen atoms in total. The van der Waals surface area contributed by atoms with Gasteiger partial charge in [-0.05, 0) is 91.0 Å². The molecule has 47 heavy (non-hydrogen) atoms. The van der Waals surface area contributed by atoms with Gasteiger partial charge in [0, 0.05) is 60.1 Å². The van der Waals surface area contributed by atoms with E-state index in [1.165, 1.54) is 0 Å². The van der Waals surface area contributed by atoms with Crippen molar-refractivity contribution in [2.45, 2.75) is 0 Å². The van der Waals surface area contributed by atoms with Gasteiger partial charge in [-0.3, -0.25) is 0 Å². The fourth-order valence-electron chi connectivity index (χ4n) is 6.57. The molecule has 0 atom stereocenters. The van der Waals surface area contributed by atoms with Gasteiger partial charge in [0.2, 0.25) is 0 Å². The molecule has 0 saturated carbocycles. The molecule has 0 aliphatic rings. The molecule has 0 unspecified atom stereocenters. The van der Waals surface area contributed by atoms with E-state index in [2.05, 4.69) is 153 Å². The van der Waals surface area contributed by atoms with Gasteiger partial charge in [0.25, 0.3) is 0 Å². The van der Waals surface area contributed by atoms with Crippen molar-refractivity contribution in [1.82, 2.24) is 0 Å². The topological polar surface area (TPSA) is 32.8 Å². The van der Waals surface area contributed by atoms with Gasteiger partial charge in [0.15, 0.2) is 0 Å². The van der Waals surface area contributed by atoms with Crippen LogP contribution in [-0.4, -0.2) is 0 Å². The summed E-state index contributed by atoms with van der Waals surface area (Å²) in [5, 5.41) is 4.37. The summed E-state index contributed by atoms with van der Waals surface area (Å²) in [6, 6.07) is 56.8. The van der Waals surface area contributed by atoms with Crippen molar-refractivity contribution < 1.29 is 8.83 Å². The van der Waals surface area contributed by atoms with Gasteiger partial charge >= 0.3 is 0 Å². The molecule has 9 rings (SSSR count). The Morgan fingerprint density at radius 2 is 0.723 bits per heavy atom. The number of hydrogen-bond donors (Lipinski definition) is 0. The van der Waals surface area contributed by atoms with E-state index >= 15 is 0 Å². The minimum absolute atomic E-state index is 0.871. The third kappa shape index (κ3) is 4.84. The second-order valence-corrected chi connectivity index (χ2v) is 12.5. The molecule has 9 aromatic rings. The molecule has 0 N–H and O–H groups in total. The van der Waals surface area contributed by atoms with Crippen molar-refractivity contribution >= 4 is 93.9 Å². The molecular weight excluding hydrogens is 644 g/mol. The van der Waals surface area contributed by atoms with E-state index in [4.69, 9.17) is 8.83 Å². The van der Waals surface area contributed by atoms with E-state index < -0.39 is 0 Å². The van der Waals surface area contributed by atoms with Crippen LogP contribution in [0.5, 0.6) is 0 Å². The molecule has 7 aromatic carbocycles. The normalized spacial score (nSPS) is 11.5. The lowest BCUT2D eigenvalue weighted by Gasteiger charge is -2.30. The first-order chi connectivity index (χ1) is 23.2. The molecule has 224 valence electrons. The van der Waals surface area contributed by atoms with Crippen LogP contribution < -0.4 is 9.80 Å². The highest BCUT2D eigenvalue weighted by Gasteiger charge is 2.20. The molecule has 0 aliphatic heterocycles. The van der Waals surface area contributed by atoms with Crippen molar-refractivity contribution in [3.05, 3.63) is 168 Å². The molecule has 5 heteroatoms. The number of fused-ring (bicyclic) bond motifs is 6. The Labute approximate surface area is 279 Å². The van der Waals surface area contributed by atoms with Gasteiger partial charge in [0.1, 0.15) is 22.3 Å². The molecular formula is C42H27BrN2O2. The Kier molecular flexibility index (Phi) is 6.58. The highest BCUT2D eigenvalue weighted by molar-refractivity contribution is 9.10. The summed E-state index contributed by atoms with van der Waals surface area (Å²) in [6.07, 6.45) is 0. The maximum absolute atomic E-state index is 6.18. The van der Waals surface area contributed by atoms with Gasteiger partial charge in [-0.2, -0.15) is 0 Å². The zero-order valence-electron chi connectivity index (χ0n) is 25.2. The zero-order chi connectivity index (χ0) is 31.3. The van der Waals surface area contributed by atoms with Crippen LogP contribution in [0.2, 0.25) is 0 Å². The lowest BCUT2D eigenvalue weighted by atomic mass is 10.1. The van der Waals surface area contributed by atoms with Gasteiger partial charge in [-0.15, -0.1) is 0 Å². The number of furan rings is 2. The Hall–Kier alpha value is -5.78. The average Bonchev–Trinajstić information content (AvgIpc) is 3.67. The first-order valence-electron chi connectivity index (χ1n) is 15.5. The highest BCUT2D eigenvalue weighted by atomic mass is 79.9. The highest BCUT2D eigenvalue weighted by Crippen LogP contribution is 2.44. The van der Waals surface area contributed by atoms with E-state index in [-0.39, 0.29) is 0 Å². The summed E-state index contributed by atoms with van der Waals surface area (Å²) >= 11 is 3.89. The summed E-state index contributed by atoms with van der Waals surface area (Å²) in [6.45, 7) is 0. The van der Waals surface area contributed by atoms with Crippen LogP contribution in [0.1, 0.15) is 0 Å². The van der Waals surface area contributed by atoms with Crippen LogP contribution in [0.25, 0.3) is 43.9 Å². The summed E-state index contributed by atoms with van der Waals surface area (Å²) in [7, 11) is 0. The molecule has 2 heterocycles. The SMILES string of the molecule is Brc1cc(N(c2ccccc2)c2ccc3oc4ccccc4c3c2)cc(N(c2ccccc2)c2ccc3oc4ccccc4c3c2)c1. The Morgan fingerprint density at radius 1 is 0.319 bits per heavy atom. The summed E-state index contributed by atoms with van der Waals surface area (Å²) in [5.41, 5.74) is 9.74. The van der Waals surface area contributed by atoms with E-state index in [0.717, 1.165) is 82.5 Å². The average molecular weight is 672 g/mol. The summed E-state index contributed by atoms with van der Waals surface area (Å²) in [5.74, 6) is 0. The van der Waals surface area contributed by atoms with Crippen molar-refractivity contribution in [1.29, 1.82) is 0 Å². The van der Waals surface area contributed by atoms with Crippen LogP contribution in [-0.2, 0) is 0 Å². The second kappa shape index (κ2) is 11.2. The van der Waals surface area contributed by atoms with E-state index in [9.17, 15) is 0 Å². The molecule has 0 spiro atoms. The largest absolute Gasteiger partial charge is 0.456 e. The van der Waals surface area contributed by atoms with Gasteiger partial charge < -0.3 is 18.6 Å². The molecule has 0 aliphatic carbocycles. The van der Waals surface area contributed by atoms with E-state index in [1.807, 2.05) is 36.4 Å². The lowest BCUT2D eigenvalue weighted by molar-refractivity contribution is 0.668. The first-order valence-corrected chi connectivity index (χ1v) is 16.3. The minimum Gasteiger partial charge on any atom is -0.456 e. The standard InChI is InChI=1S/C42H27BrN2O2/c43-28-23-33(44(29-11-3-1-4-12-29)31-19-21-41-37(26-31)35-15-7-9-17-39(35)46-41)25-34(24-28)45(30-13-5-2-6-14-30)32-20-22-42-38(27-32)36-16-8-10-18-40(36)47-42/h1-27H. The molecule has 0 bridgehead atoms.